The normalized spacial score (nSPS) is 23.3. The Labute approximate surface area is 416 Å². The van der Waals surface area contributed by atoms with Crippen LogP contribution in [0.1, 0.15) is 97.6 Å². The number of halogens is 4. The van der Waals surface area contributed by atoms with Crippen molar-refractivity contribution in [2.24, 2.45) is 11.8 Å². The Morgan fingerprint density at radius 3 is 1.90 bits per heavy atom. The number of hydrogen-bond acceptors (Lipinski definition) is 9. The van der Waals surface area contributed by atoms with E-state index in [0.717, 1.165) is 37.8 Å². The van der Waals surface area contributed by atoms with Crippen LogP contribution in [0.2, 0.25) is 0 Å². The molecule has 6 amide bonds. The molecule has 70 heavy (non-hydrogen) atoms. The van der Waals surface area contributed by atoms with Gasteiger partial charge in [0, 0.05) is 68.5 Å². The fraction of sp³-hybridized carbons (Fsp3) is 0.560. The molecule has 3 N–H and O–H groups in total. The first-order valence-corrected chi connectivity index (χ1v) is 24.3. The van der Waals surface area contributed by atoms with E-state index >= 15 is 0 Å². The number of nitriles is 1. The number of para-hydroxylation sites is 1. The van der Waals surface area contributed by atoms with Gasteiger partial charge in [0.15, 0.2) is 6.10 Å². The molecule has 0 spiro atoms. The number of benzene rings is 2. The van der Waals surface area contributed by atoms with Gasteiger partial charge in [-0.3, -0.25) is 28.8 Å². The maximum Gasteiger partial charge on any atom is 0.391 e. The number of amides is 6. The number of carbonyl (C=O) groups excluding carboxylic acids is 7. The Kier molecular flexibility index (Phi) is 20.4. The number of carbonyl (C=O) groups is 7. The Morgan fingerprint density at radius 1 is 0.743 bits per heavy atom. The zero-order valence-electron chi connectivity index (χ0n) is 41.3. The molecule has 1 aliphatic rings. The second kappa shape index (κ2) is 25.2. The summed E-state index contributed by atoms with van der Waals surface area (Å²) in [5, 5.41) is 17.8. The summed E-state index contributed by atoms with van der Waals surface area (Å²) >= 11 is 3.48. The van der Waals surface area contributed by atoms with Crippen molar-refractivity contribution in [1.82, 2.24) is 35.2 Å². The van der Waals surface area contributed by atoms with E-state index in [1.165, 1.54) is 25.9 Å². The third-order valence-electron chi connectivity index (χ3n) is 12.4. The third-order valence-corrected chi connectivity index (χ3v) is 12.9. The fourth-order valence-electron chi connectivity index (χ4n) is 8.45. The highest BCUT2D eigenvalue weighted by atomic mass is 79.9. The first-order valence-electron chi connectivity index (χ1n) is 23.5. The fourth-order valence-corrected chi connectivity index (χ4v) is 8.71. The van der Waals surface area contributed by atoms with E-state index in [0.29, 0.717) is 18.5 Å². The molecule has 0 unspecified atom stereocenters. The second-order valence-electron chi connectivity index (χ2n) is 18.9. The number of likely N-dealkylation sites (N-methyl/N-ethyl adjacent to an activating group) is 3. The van der Waals surface area contributed by atoms with Crippen LogP contribution < -0.4 is 16.0 Å². The molecule has 7 atom stereocenters. The van der Waals surface area contributed by atoms with E-state index in [4.69, 9.17) is 4.74 Å². The lowest BCUT2D eigenvalue weighted by Gasteiger charge is -2.35. The Bertz CT molecular complexity index is 2390. The van der Waals surface area contributed by atoms with Crippen molar-refractivity contribution >= 4 is 68.2 Å². The van der Waals surface area contributed by atoms with Crippen LogP contribution in [0.25, 0.3) is 10.9 Å². The van der Waals surface area contributed by atoms with Gasteiger partial charge >= 0.3 is 12.1 Å². The van der Waals surface area contributed by atoms with Gasteiger partial charge in [-0.2, -0.15) is 18.4 Å². The van der Waals surface area contributed by atoms with Gasteiger partial charge in [-0.05, 0) is 67.3 Å². The zero-order chi connectivity index (χ0) is 52.2. The molecular formula is C50H66BrF3N8O8. The Balaban J connectivity index is 1.91. The standard InChI is InChI=1S/C50H66BrF3N8O8/c1-10-14-36-46(66)59(7)31(6)49(69)70-42(17-13-22-55)45(65)58-38(26-50(52,53)54)48(68)60(8)40(24-30(4)5)43(63)57-37(23-29(2)3)47(67)61(9)41(44(64)56-36)25-33-28-62(39-16-12-11-15-35(33)39)27-32-18-20-34(51)21-19-32/h11-12,15-16,18-21,28-31,36-38,40-42H,10,13-14,17,23-27H2,1-9H3,(H,56,64)(H,57,63)(H,58,65)/t31-,36-,37-,38-,40-,41-,42+/m0/s1. The number of cyclic esters (lactones) is 1. The van der Waals surface area contributed by atoms with Crippen LogP contribution in [0.3, 0.4) is 0 Å². The molecule has 0 bridgehead atoms. The third kappa shape index (κ3) is 15.3. The van der Waals surface area contributed by atoms with Gasteiger partial charge in [-0.15, -0.1) is 0 Å². The highest BCUT2D eigenvalue weighted by Gasteiger charge is 2.43. The number of alkyl halides is 3. The predicted molar refractivity (Wildman–Crippen MR) is 259 cm³/mol. The van der Waals surface area contributed by atoms with Gasteiger partial charge < -0.3 is 40.0 Å². The zero-order valence-corrected chi connectivity index (χ0v) is 42.9. The monoisotopic (exact) mass is 1040 g/mol. The lowest BCUT2D eigenvalue weighted by molar-refractivity contribution is -0.166. The summed E-state index contributed by atoms with van der Waals surface area (Å²) in [6, 6.07) is 8.11. The topological polar surface area (TPSA) is 203 Å². The number of aromatic nitrogens is 1. The molecule has 382 valence electrons. The van der Waals surface area contributed by atoms with Gasteiger partial charge in [0.25, 0.3) is 5.91 Å². The van der Waals surface area contributed by atoms with Gasteiger partial charge in [0.05, 0.1) is 12.5 Å². The van der Waals surface area contributed by atoms with Crippen molar-refractivity contribution in [2.45, 2.75) is 148 Å². The molecule has 20 heteroatoms. The van der Waals surface area contributed by atoms with Crippen LogP contribution in [0.4, 0.5) is 13.2 Å². The maximum atomic E-state index is 15.0. The summed E-state index contributed by atoms with van der Waals surface area (Å²) in [7, 11) is 3.81. The smallest absolute Gasteiger partial charge is 0.391 e. The van der Waals surface area contributed by atoms with Crippen molar-refractivity contribution in [3.63, 3.8) is 0 Å². The van der Waals surface area contributed by atoms with E-state index in [1.807, 2.05) is 73.1 Å². The molecule has 2 aromatic carbocycles. The van der Waals surface area contributed by atoms with Crippen LogP contribution in [0, 0.1) is 23.2 Å². The molecule has 3 aromatic rings. The average molecular weight is 1040 g/mol. The van der Waals surface area contributed by atoms with Crippen LogP contribution in [0.5, 0.6) is 0 Å². The van der Waals surface area contributed by atoms with Gasteiger partial charge in [0.2, 0.25) is 29.5 Å². The molecule has 0 radical (unpaired) electrons. The molecule has 1 saturated heterocycles. The van der Waals surface area contributed by atoms with E-state index in [2.05, 4.69) is 31.9 Å². The van der Waals surface area contributed by atoms with E-state index < -0.39 is 103 Å². The number of nitrogens with zero attached hydrogens (tertiary/aromatic N) is 5. The molecular weight excluding hydrogens is 977 g/mol. The molecule has 1 aromatic heterocycles. The number of ether oxygens (including phenoxy) is 1. The highest BCUT2D eigenvalue weighted by Crippen LogP contribution is 2.27. The summed E-state index contributed by atoms with van der Waals surface area (Å²) in [5.74, 6) is -7.34. The number of esters is 1. The Morgan fingerprint density at radius 2 is 1.30 bits per heavy atom. The van der Waals surface area contributed by atoms with E-state index in [-0.39, 0.29) is 43.9 Å². The average Bonchev–Trinajstić information content (AvgIpc) is 3.64. The van der Waals surface area contributed by atoms with Gasteiger partial charge in [0.1, 0.15) is 36.3 Å². The van der Waals surface area contributed by atoms with E-state index in [9.17, 15) is 52.0 Å². The van der Waals surface area contributed by atoms with E-state index in [1.54, 1.807) is 26.8 Å². The van der Waals surface area contributed by atoms with Gasteiger partial charge in [-0.1, -0.05) is 87.3 Å². The second-order valence-corrected chi connectivity index (χ2v) is 19.8. The minimum absolute atomic E-state index is 0.0479. The minimum atomic E-state index is -5.02. The predicted octanol–water partition coefficient (Wildman–Crippen LogP) is 6.02. The number of rotatable bonds is 13. The molecule has 1 aliphatic heterocycles. The molecule has 0 aliphatic carbocycles. The maximum absolute atomic E-state index is 15.0. The van der Waals surface area contributed by atoms with Crippen LogP contribution in [0.15, 0.2) is 59.2 Å². The molecule has 1 fully saturated rings. The molecule has 2 heterocycles. The van der Waals surface area contributed by atoms with Crippen molar-refractivity contribution in [3.05, 3.63) is 70.3 Å². The first kappa shape index (κ1) is 56.6. The lowest BCUT2D eigenvalue weighted by atomic mass is 9.97. The minimum Gasteiger partial charge on any atom is -0.451 e. The molecule has 16 nitrogen and oxygen atoms in total. The van der Waals surface area contributed by atoms with Crippen LogP contribution in [-0.4, -0.2) is 130 Å². The van der Waals surface area contributed by atoms with Crippen molar-refractivity contribution in [2.75, 3.05) is 21.1 Å². The van der Waals surface area contributed by atoms with Crippen LogP contribution in [-0.2, 0) is 51.3 Å². The summed E-state index contributed by atoms with van der Waals surface area (Å²) < 4.78 is 51.0. The first-order chi connectivity index (χ1) is 32.9. The quantitative estimate of drug-likeness (QED) is 0.171. The number of hydrogen-bond donors (Lipinski definition) is 3. The Hall–Kier alpha value is -5.97. The molecule has 0 saturated carbocycles. The summed E-state index contributed by atoms with van der Waals surface area (Å²) in [6.45, 7) is 10.6. The largest absolute Gasteiger partial charge is 0.451 e. The van der Waals surface area contributed by atoms with Gasteiger partial charge in [-0.25, -0.2) is 4.79 Å². The number of nitrogens with one attached hydrogen (secondary N) is 3. The van der Waals surface area contributed by atoms with Crippen LogP contribution >= 0.6 is 15.9 Å². The van der Waals surface area contributed by atoms with Crippen molar-refractivity contribution in [3.8, 4) is 6.07 Å². The number of fused-ring (bicyclic) bond motifs is 1. The summed E-state index contributed by atoms with van der Waals surface area (Å²) in [5.41, 5.74) is 2.53. The lowest BCUT2D eigenvalue weighted by Crippen LogP contribution is -2.60. The summed E-state index contributed by atoms with van der Waals surface area (Å²) in [6.07, 6.45) is -7.33. The highest BCUT2D eigenvalue weighted by molar-refractivity contribution is 9.10. The van der Waals surface area contributed by atoms with Crippen molar-refractivity contribution < 1.29 is 51.5 Å². The SMILES string of the molecule is CCC[C@@H]1NC(=O)[C@H](Cc2cn(Cc3ccc(Br)cc3)c3ccccc23)N(C)C(=O)[C@H](CC(C)C)NC(=O)[C@H](CC(C)C)N(C)C(=O)[C@H](CC(F)(F)F)NC(=O)[C@@H](CCC#N)OC(=O)[C@H](C)N(C)C1=O. The van der Waals surface area contributed by atoms with Crippen molar-refractivity contribution in [1.29, 1.82) is 5.26 Å². The summed E-state index contributed by atoms with van der Waals surface area (Å²) in [4.78, 5) is 103. The molecule has 4 rings (SSSR count).